The summed E-state index contributed by atoms with van der Waals surface area (Å²) in [5, 5.41) is 6.63. The number of rotatable bonds is 8. The highest BCUT2D eigenvalue weighted by atomic mass is 32.1. The zero-order chi connectivity index (χ0) is 10.9. The fraction of sp³-hybridized carbons (Fsp3) is 0.750. The Balaban J connectivity index is 2.18. The van der Waals surface area contributed by atoms with Crippen molar-refractivity contribution in [3.8, 4) is 0 Å². The zero-order valence-electron chi connectivity index (χ0n) is 9.83. The van der Waals surface area contributed by atoms with Gasteiger partial charge in [0.1, 0.15) is 5.01 Å². The Morgan fingerprint density at radius 1 is 1.33 bits per heavy atom. The summed E-state index contributed by atoms with van der Waals surface area (Å²) in [7, 11) is 2.03. The van der Waals surface area contributed by atoms with Gasteiger partial charge in [0.25, 0.3) is 0 Å². The molecule has 1 rings (SSSR count). The average molecular weight is 226 g/mol. The Morgan fingerprint density at radius 2 is 2.13 bits per heavy atom. The van der Waals surface area contributed by atoms with Gasteiger partial charge in [-0.3, -0.25) is 0 Å². The van der Waals surface area contributed by atoms with Gasteiger partial charge in [0.15, 0.2) is 0 Å². The molecule has 86 valence electrons. The van der Waals surface area contributed by atoms with E-state index in [-0.39, 0.29) is 0 Å². The first-order chi connectivity index (χ1) is 7.38. The van der Waals surface area contributed by atoms with Crippen LogP contribution in [0.2, 0.25) is 0 Å². The van der Waals surface area contributed by atoms with Crippen molar-refractivity contribution in [3.05, 3.63) is 16.6 Å². The zero-order valence-corrected chi connectivity index (χ0v) is 10.6. The number of aromatic nitrogens is 1. The lowest BCUT2D eigenvalue weighted by molar-refractivity contribution is 0.499. The molecule has 1 aromatic heterocycles. The Labute approximate surface area is 97.1 Å². The lowest BCUT2D eigenvalue weighted by atomic mass is 10.1. The molecule has 0 bridgehead atoms. The first-order valence-corrected chi connectivity index (χ1v) is 6.83. The largest absolute Gasteiger partial charge is 0.311 e. The first-order valence-electron chi connectivity index (χ1n) is 5.95. The van der Waals surface area contributed by atoms with E-state index in [2.05, 4.69) is 22.6 Å². The van der Waals surface area contributed by atoms with E-state index in [0.717, 1.165) is 0 Å². The second-order valence-electron chi connectivity index (χ2n) is 3.91. The number of thiazole rings is 1. The predicted octanol–water partition coefficient (Wildman–Crippen LogP) is 3.76. The quantitative estimate of drug-likeness (QED) is 0.683. The lowest BCUT2D eigenvalue weighted by Crippen LogP contribution is -2.15. The van der Waals surface area contributed by atoms with E-state index in [1.807, 2.05) is 13.2 Å². The number of nitrogens with one attached hydrogen (secondary N) is 1. The molecule has 0 spiro atoms. The van der Waals surface area contributed by atoms with Crippen molar-refractivity contribution in [2.45, 2.75) is 51.5 Å². The van der Waals surface area contributed by atoms with Crippen molar-refractivity contribution in [1.82, 2.24) is 10.3 Å². The summed E-state index contributed by atoms with van der Waals surface area (Å²) < 4.78 is 0. The third kappa shape index (κ3) is 4.76. The predicted molar refractivity (Wildman–Crippen MR) is 67.3 cm³/mol. The minimum absolute atomic E-state index is 0.464. The van der Waals surface area contributed by atoms with E-state index in [9.17, 15) is 0 Å². The Morgan fingerprint density at radius 3 is 2.73 bits per heavy atom. The number of nitrogens with zero attached hydrogens (tertiary/aromatic N) is 1. The van der Waals surface area contributed by atoms with Gasteiger partial charge in [-0.1, -0.05) is 39.0 Å². The summed E-state index contributed by atoms with van der Waals surface area (Å²) in [5.41, 5.74) is 0. The highest BCUT2D eigenvalue weighted by molar-refractivity contribution is 7.09. The SMILES string of the molecule is CCCCCCCC(NC)c1nccs1. The molecule has 1 atom stereocenters. The molecular weight excluding hydrogens is 204 g/mol. The van der Waals surface area contributed by atoms with Crippen molar-refractivity contribution in [2.24, 2.45) is 0 Å². The van der Waals surface area contributed by atoms with Gasteiger partial charge in [-0.25, -0.2) is 4.98 Å². The van der Waals surface area contributed by atoms with Crippen LogP contribution >= 0.6 is 11.3 Å². The molecule has 0 amide bonds. The molecule has 0 saturated heterocycles. The summed E-state index contributed by atoms with van der Waals surface area (Å²) in [6.45, 7) is 2.26. The maximum Gasteiger partial charge on any atom is 0.109 e. The third-order valence-corrected chi connectivity index (χ3v) is 3.58. The van der Waals surface area contributed by atoms with E-state index in [1.165, 1.54) is 43.5 Å². The van der Waals surface area contributed by atoms with Crippen LogP contribution in [-0.2, 0) is 0 Å². The number of unbranched alkanes of at least 4 members (excludes halogenated alkanes) is 4. The van der Waals surface area contributed by atoms with Crippen LogP contribution in [0, 0.1) is 0 Å². The molecule has 0 aliphatic carbocycles. The molecule has 0 fully saturated rings. The van der Waals surface area contributed by atoms with Crippen molar-refractivity contribution in [2.75, 3.05) is 7.05 Å². The van der Waals surface area contributed by atoms with E-state index < -0.39 is 0 Å². The summed E-state index contributed by atoms with van der Waals surface area (Å²) >= 11 is 1.75. The van der Waals surface area contributed by atoms with E-state index in [4.69, 9.17) is 0 Å². The normalized spacial score (nSPS) is 12.9. The van der Waals surface area contributed by atoms with Gasteiger partial charge in [-0.15, -0.1) is 11.3 Å². The summed E-state index contributed by atoms with van der Waals surface area (Å²) in [4.78, 5) is 4.36. The first kappa shape index (κ1) is 12.7. The van der Waals surface area contributed by atoms with Gasteiger partial charge in [0.05, 0.1) is 6.04 Å². The summed E-state index contributed by atoms with van der Waals surface area (Å²) in [6, 6.07) is 0.464. The molecule has 0 aromatic carbocycles. The molecule has 1 N–H and O–H groups in total. The monoisotopic (exact) mass is 226 g/mol. The topological polar surface area (TPSA) is 24.9 Å². The highest BCUT2D eigenvalue weighted by Gasteiger charge is 2.10. The fourth-order valence-corrected chi connectivity index (χ4v) is 2.53. The maximum absolute atomic E-state index is 4.36. The van der Waals surface area contributed by atoms with E-state index in [1.54, 1.807) is 11.3 Å². The molecule has 15 heavy (non-hydrogen) atoms. The van der Waals surface area contributed by atoms with Gasteiger partial charge < -0.3 is 5.32 Å². The van der Waals surface area contributed by atoms with Crippen LogP contribution in [0.15, 0.2) is 11.6 Å². The second-order valence-corrected chi connectivity index (χ2v) is 4.84. The molecule has 1 aromatic rings. The highest BCUT2D eigenvalue weighted by Crippen LogP contribution is 2.21. The minimum Gasteiger partial charge on any atom is -0.311 e. The standard InChI is InChI=1S/C12H22N2S/c1-3-4-5-6-7-8-11(13-2)12-14-9-10-15-12/h9-11,13H,3-8H2,1-2H3. The molecular formula is C12H22N2S. The molecule has 1 heterocycles. The third-order valence-electron chi connectivity index (χ3n) is 2.69. The number of hydrogen-bond donors (Lipinski definition) is 1. The summed E-state index contributed by atoms with van der Waals surface area (Å²) in [5.74, 6) is 0. The van der Waals surface area contributed by atoms with Crippen LogP contribution in [0.3, 0.4) is 0 Å². The maximum atomic E-state index is 4.36. The van der Waals surface area contributed by atoms with Gasteiger partial charge in [-0.05, 0) is 13.5 Å². The van der Waals surface area contributed by atoms with Crippen LogP contribution in [0.5, 0.6) is 0 Å². The Bertz CT molecular complexity index is 234. The molecule has 3 heteroatoms. The van der Waals surface area contributed by atoms with Crippen LogP contribution in [-0.4, -0.2) is 12.0 Å². The van der Waals surface area contributed by atoms with Crippen LogP contribution < -0.4 is 5.32 Å². The van der Waals surface area contributed by atoms with Crippen LogP contribution in [0.4, 0.5) is 0 Å². The smallest absolute Gasteiger partial charge is 0.109 e. The van der Waals surface area contributed by atoms with Gasteiger partial charge >= 0.3 is 0 Å². The van der Waals surface area contributed by atoms with Crippen molar-refractivity contribution in [1.29, 1.82) is 0 Å². The van der Waals surface area contributed by atoms with Crippen molar-refractivity contribution < 1.29 is 0 Å². The molecule has 2 nitrogen and oxygen atoms in total. The van der Waals surface area contributed by atoms with E-state index >= 15 is 0 Å². The van der Waals surface area contributed by atoms with Crippen LogP contribution in [0.1, 0.15) is 56.5 Å². The summed E-state index contributed by atoms with van der Waals surface area (Å²) in [6.07, 6.45) is 9.85. The van der Waals surface area contributed by atoms with Crippen molar-refractivity contribution >= 4 is 11.3 Å². The van der Waals surface area contributed by atoms with E-state index in [0.29, 0.717) is 6.04 Å². The molecule has 1 unspecified atom stereocenters. The fourth-order valence-electron chi connectivity index (χ4n) is 1.75. The molecule has 0 radical (unpaired) electrons. The number of hydrogen-bond acceptors (Lipinski definition) is 3. The van der Waals surface area contributed by atoms with Gasteiger partial charge in [-0.2, -0.15) is 0 Å². The molecule has 0 saturated carbocycles. The Hall–Kier alpha value is -0.410. The van der Waals surface area contributed by atoms with Crippen LogP contribution in [0.25, 0.3) is 0 Å². The lowest BCUT2D eigenvalue weighted by Gasteiger charge is -2.12. The van der Waals surface area contributed by atoms with Gasteiger partial charge in [0, 0.05) is 11.6 Å². The molecule has 0 aliphatic heterocycles. The van der Waals surface area contributed by atoms with Gasteiger partial charge in [0.2, 0.25) is 0 Å². The van der Waals surface area contributed by atoms with Crippen molar-refractivity contribution in [3.63, 3.8) is 0 Å². The minimum atomic E-state index is 0.464. The Kier molecular flexibility index (Phi) is 6.60. The average Bonchev–Trinajstić information content (AvgIpc) is 2.77. The second kappa shape index (κ2) is 7.83. The molecule has 0 aliphatic rings.